The van der Waals surface area contributed by atoms with Crippen LogP contribution in [0.3, 0.4) is 0 Å². The number of sulfonamides is 1. The molecular formula is C21H30ClF3N4O3S. The van der Waals surface area contributed by atoms with E-state index >= 15 is 0 Å². The Labute approximate surface area is 197 Å². The second-order valence-electron chi connectivity index (χ2n) is 9.29. The first-order chi connectivity index (χ1) is 15.6. The Bertz CT molecular complexity index is 895. The Morgan fingerprint density at radius 3 is 2.48 bits per heavy atom. The van der Waals surface area contributed by atoms with Crippen LogP contribution < -0.4 is 4.90 Å². The SMILES string of the molecule is O=S(=O)(CCC(F)(F)F)N1CC[C@H](OCC[C@@H]2C[C@@H]2C2CCN(c3ncc(Cl)cn3)CC2)C1. The first kappa shape index (κ1) is 24.9. The Kier molecular flexibility index (Phi) is 7.72. The molecule has 1 saturated carbocycles. The van der Waals surface area contributed by atoms with Crippen molar-refractivity contribution in [1.29, 1.82) is 0 Å². The second-order valence-corrected chi connectivity index (χ2v) is 11.8. The number of hydrogen-bond acceptors (Lipinski definition) is 6. The summed E-state index contributed by atoms with van der Waals surface area (Å²) in [5.41, 5.74) is 0. The fraction of sp³-hybridized carbons (Fsp3) is 0.810. The average Bonchev–Trinajstić information content (AvgIpc) is 3.37. The smallest absolute Gasteiger partial charge is 0.377 e. The first-order valence-electron chi connectivity index (χ1n) is 11.5. The van der Waals surface area contributed by atoms with Crippen molar-refractivity contribution < 1.29 is 26.3 Å². The Morgan fingerprint density at radius 2 is 1.82 bits per heavy atom. The van der Waals surface area contributed by atoms with Crippen LogP contribution in [0, 0.1) is 17.8 Å². The maximum atomic E-state index is 12.4. The number of halogens is 4. The van der Waals surface area contributed by atoms with E-state index in [4.69, 9.17) is 16.3 Å². The van der Waals surface area contributed by atoms with Crippen LogP contribution in [0.5, 0.6) is 0 Å². The lowest BCUT2D eigenvalue weighted by Gasteiger charge is -2.32. The van der Waals surface area contributed by atoms with E-state index in [0.717, 1.165) is 42.6 Å². The molecule has 3 aliphatic rings. The number of ether oxygens (including phenoxy) is 1. The zero-order valence-electron chi connectivity index (χ0n) is 18.4. The van der Waals surface area contributed by atoms with Gasteiger partial charge < -0.3 is 9.64 Å². The molecule has 186 valence electrons. The number of piperidine rings is 1. The molecule has 7 nitrogen and oxygen atoms in total. The number of rotatable bonds is 9. The maximum Gasteiger partial charge on any atom is 0.390 e. The standard InChI is InChI=1S/C21H30ClF3N4O3S/c22-17-12-26-20(27-13-17)28-6-1-15(2-7-28)19-11-16(19)4-9-32-18-3-8-29(14-18)33(30,31)10-5-21(23,24)25/h12-13,15-16,18-19H,1-11,14H2/t16-,18+,19-/m1/s1. The molecular weight excluding hydrogens is 481 g/mol. The summed E-state index contributed by atoms with van der Waals surface area (Å²) in [6.45, 7) is 2.82. The van der Waals surface area contributed by atoms with Crippen molar-refractivity contribution in [3.8, 4) is 0 Å². The van der Waals surface area contributed by atoms with E-state index in [1.807, 2.05) is 0 Å². The molecule has 0 amide bonds. The molecule has 1 aliphatic carbocycles. The topological polar surface area (TPSA) is 75.6 Å². The van der Waals surface area contributed by atoms with Gasteiger partial charge in [-0.05, 0) is 49.9 Å². The van der Waals surface area contributed by atoms with Crippen molar-refractivity contribution in [2.75, 3.05) is 43.4 Å². The zero-order chi connectivity index (χ0) is 23.6. The highest BCUT2D eigenvalue weighted by Crippen LogP contribution is 2.50. The lowest BCUT2D eigenvalue weighted by molar-refractivity contribution is -0.130. The van der Waals surface area contributed by atoms with E-state index in [2.05, 4.69) is 14.9 Å². The molecule has 0 radical (unpaired) electrons. The molecule has 2 aliphatic heterocycles. The minimum absolute atomic E-state index is 0.152. The number of alkyl halides is 3. The minimum Gasteiger partial charge on any atom is -0.377 e. The third kappa shape index (κ3) is 6.93. The van der Waals surface area contributed by atoms with Gasteiger partial charge in [0.1, 0.15) is 0 Å². The van der Waals surface area contributed by atoms with Gasteiger partial charge in [0.25, 0.3) is 0 Å². The van der Waals surface area contributed by atoms with Crippen LogP contribution in [0.2, 0.25) is 5.02 Å². The summed E-state index contributed by atoms with van der Waals surface area (Å²) in [4.78, 5) is 10.8. The molecule has 2 saturated heterocycles. The van der Waals surface area contributed by atoms with Crippen LogP contribution in [0.4, 0.5) is 19.1 Å². The van der Waals surface area contributed by atoms with Gasteiger partial charge in [0.05, 0.1) is 35.7 Å². The molecule has 12 heteroatoms. The largest absolute Gasteiger partial charge is 0.390 e. The van der Waals surface area contributed by atoms with Crippen LogP contribution >= 0.6 is 11.6 Å². The van der Waals surface area contributed by atoms with Crippen molar-refractivity contribution in [2.45, 2.75) is 50.8 Å². The van der Waals surface area contributed by atoms with E-state index in [1.54, 1.807) is 12.4 Å². The predicted molar refractivity (Wildman–Crippen MR) is 119 cm³/mol. The van der Waals surface area contributed by atoms with Gasteiger partial charge in [0, 0.05) is 32.8 Å². The molecule has 0 aromatic carbocycles. The Morgan fingerprint density at radius 1 is 1.12 bits per heavy atom. The minimum atomic E-state index is -4.47. The van der Waals surface area contributed by atoms with E-state index in [0.29, 0.717) is 35.8 Å². The fourth-order valence-corrected chi connectivity index (χ4v) is 6.65. The van der Waals surface area contributed by atoms with Crippen molar-refractivity contribution in [2.24, 2.45) is 17.8 Å². The van der Waals surface area contributed by atoms with Crippen molar-refractivity contribution in [3.05, 3.63) is 17.4 Å². The molecule has 3 atom stereocenters. The normalized spacial score (nSPS) is 27.3. The van der Waals surface area contributed by atoms with Crippen LogP contribution in [-0.2, 0) is 14.8 Å². The number of anilines is 1. The van der Waals surface area contributed by atoms with Crippen molar-refractivity contribution >= 4 is 27.6 Å². The molecule has 33 heavy (non-hydrogen) atoms. The van der Waals surface area contributed by atoms with Gasteiger partial charge in [-0.15, -0.1) is 0 Å². The summed E-state index contributed by atoms with van der Waals surface area (Å²) < 4.78 is 68.3. The molecule has 1 aromatic rings. The molecule has 0 unspecified atom stereocenters. The summed E-state index contributed by atoms with van der Waals surface area (Å²) in [5, 5.41) is 0.532. The van der Waals surface area contributed by atoms with Gasteiger partial charge >= 0.3 is 6.18 Å². The molecule has 0 bridgehead atoms. The Balaban J connectivity index is 1.12. The molecule has 0 spiro atoms. The lowest BCUT2D eigenvalue weighted by atomic mass is 9.90. The van der Waals surface area contributed by atoms with Gasteiger partial charge in [-0.25, -0.2) is 18.4 Å². The maximum absolute atomic E-state index is 12.4. The number of aromatic nitrogens is 2. The Hall–Kier alpha value is -1.17. The summed E-state index contributed by atoms with van der Waals surface area (Å²) >= 11 is 5.86. The number of hydrogen-bond donors (Lipinski definition) is 0. The van der Waals surface area contributed by atoms with Gasteiger partial charge in [-0.3, -0.25) is 0 Å². The van der Waals surface area contributed by atoms with Crippen molar-refractivity contribution in [3.63, 3.8) is 0 Å². The summed E-state index contributed by atoms with van der Waals surface area (Å²) in [7, 11) is -3.89. The fourth-order valence-electron chi connectivity index (χ4n) is 5.02. The molecule has 0 N–H and O–H groups in total. The van der Waals surface area contributed by atoms with E-state index in [9.17, 15) is 21.6 Å². The van der Waals surface area contributed by atoms with E-state index in [-0.39, 0.29) is 19.2 Å². The molecule has 1 aromatic heterocycles. The predicted octanol–water partition coefficient (Wildman–Crippen LogP) is 3.75. The van der Waals surface area contributed by atoms with Crippen LogP contribution in [-0.4, -0.2) is 73.5 Å². The first-order valence-corrected chi connectivity index (χ1v) is 13.5. The van der Waals surface area contributed by atoms with Gasteiger partial charge in [-0.2, -0.15) is 17.5 Å². The number of nitrogens with zero attached hydrogens (tertiary/aromatic N) is 4. The van der Waals surface area contributed by atoms with Crippen LogP contribution in [0.15, 0.2) is 12.4 Å². The zero-order valence-corrected chi connectivity index (χ0v) is 20.0. The van der Waals surface area contributed by atoms with E-state index in [1.165, 1.54) is 6.42 Å². The summed E-state index contributed by atoms with van der Waals surface area (Å²) in [5.74, 6) is 1.88. The molecule has 3 fully saturated rings. The monoisotopic (exact) mass is 510 g/mol. The average molecular weight is 511 g/mol. The van der Waals surface area contributed by atoms with Gasteiger partial charge in [0.2, 0.25) is 16.0 Å². The summed E-state index contributed by atoms with van der Waals surface area (Å²) in [6, 6.07) is 0. The van der Waals surface area contributed by atoms with Crippen molar-refractivity contribution in [1.82, 2.24) is 14.3 Å². The third-order valence-corrected chi connectivity index (χ3v) is 9.03. The third-order valence-electron chi connectivity index (χ3n) is 7.00. The highest BCUT2D eigenvalue weighted by Gasteiger charge is 2.43. The lowest BCUT2D eigenvalue weighted by Crippen LogP contribution is -2.35. The van der Waals surface area contributed by atoms with Gasteiger partial charge in [0.15, 0.2) is 0 Å². The second kappa shape index (κ2) is 10.2. The quantitative estimate of drug-likeness (QED) is 0.503. The van der Waals surface area contributed by atoms with Crippen LogP contribution in [0.1, 0.15) is 38.5 Å². The van der Waals surface area contributed by atoms with E-state index < -0.39 is 28.4 Å². The molecule has 3 heterocycles. The van der Waals surface area contributed by atoms with Crippen LogP contribution in [0.25, 0.3) is 0 Å². The summed E-state index contributed by atoms with van der Waals surface area (Å²) in [6.07, 6.45) is 2.13. The highest BCUT2D eigenvalue weighted by atomic mass is 35.5. The highest BCUT2D eigenvalue weighted by molar-refractivity contribution is 7.89. The molecule has 4 rings (SSSR count). The van der Waals surface area contributed by atoms with Gasteiger partial charge in [-0.1, -0.05) is 11.6 Å².